The lowest BCUT2D eigenvalue weighted by molar-refractivity contribution is -0.122. The zero-order chi connectivity index (χ0) is 21.3. The van der Waals surface area contributed by atoms with Crippen LogP contribution >= 0.6 is 11.3 Å². The second kappa shape index (κ2) is 8.23. The quantitative estimate of drug-likeness (QED) is 0.663. The van der Waals surface area contributed by atoms with Gasteiger partial charge in [0.15, 0.2) is 5.13 Å². The fourth-order valence-corrected chi connectivity index (χ4v) is 4.34. The van der Waals surface area contributed by atoms with Gasteiger partial charge in [0.05, 0.1) is 24.4 Å². The Morgan fingerprint density at radius 1 is 1.23 bits per heavy atom. The van der Waals surface area contributed by atoms with E-state index in [9.17, 15) is 14.0 Å². The first kappa shape index (κ1) is 20.0. The second-order valence-corrected chi connectivity index (χ2v) is 8.20. The molecule has 0 aliphatic carbocycles. The molecular formula is C22H20FN3O3S. The molecule has 6 nitrogen and oxygen atoms in total. The molecule has 2 amide bonds. The molecule has 1 saturated heterocycles. The molecule has 1 aromatic heterocycles. The smallest absolute Gasteiger partial charge is 0.231 e. The number of carbonyl (C=O) groups excluding carboxylic acids is 2. The maximum Gasteiger partial charge on any atom is 0.231 e. The van der Waals surface area contributed by atoms with Gasteiger partial charge in [0.1, 0.15) is 11.6 Å². The Kier molecular flexibility index (Phi) is 5.50. The average Bonchev–Trinajstić information content (AvgIpc) is 3.31. The number of nitrogens with zero attached hydrogens (tertiary/aromatic N) is 2. The van der Waals surface area contributed by atoms with Crippen LogP contribution in [0.2, 0.25) is 0 Å². The monoisotopic (exact) mass is 425 g/mol. The fraction of sp³-hybridized carbons (Fsp3) is 0.227. The zero-order valence-corrected chi connectivity index (χ0v) is 17.3. The van der Waals surface area contributed by atoms with Gasteiger partial charge in [-0.3, -0.25) is 9.59 Å². The van der Waals surface area contributed by atoms with Gasteiger partial charge in [-0.15, -0.1) is 11.3 Å². The number of carbonyl (C=O) groups is 2. The number of hydrogen-bond acceptors (Lipinski definition) is 5. The molecule has 1 fully saturated rings. The third-order valence-corrected chi connectivity index (χ3v) is 5.90. The van der Waals surface area contributed by atoms with Crippen LogP contribution < -0.4 is 15.0 Å². The van der Waals surface area contributed by atoms with Crippen LogP contribution in [0.15, 0.2) is 48.5 Å². The van der Waals surface area contributed by atoms with Crippen LogP contribution in [0, 0.1) is 18.7 Å². The lowest BCUT2D eigenvalue weighted by atomic mass is 10.1. The summed E-state index contributed by atoms with van der Waals surface area (Å²) in [6, 6.07) is 13.3. The number of amides is 2. The number of aryl methyl sites for hydroxylation is 1. The van der Waals surface area contributed by atoms with Gasteiger partial charge < -0.3 is 15.0 Å². The average molecular weight is 425 g/mol. The Morgan fingerprint density at radius 2 is 1.97 bits per heavy atom. The van der Waals surface area contributed by atoms with E-state index in [2.05, 4.69) is 10.3 Å². The van der Waals surface area contributed by atoms with Crippen molar-refractivity contribution < 1.29 is 18.7 Å². The molecule has 1 aliphatic rings. The highest BCUT2D eigenvalue weighted by Crippen LogP contribution is 2.34. The fourth-order valence-electron chi connectivity index (χ4n) is 3.50. The Labute approximate surface area is 177 Å². The minimum absolute atomic E-state index is 0.123. The van der Waals surface area contributed by atoms with Crippen LogP contribution in [0.3, 0.4) is 0 Å². The highest BCUT2D eigenvalue weighted by Gasteiger charge is 2.36. The van der Waals surface area contributed by atoms with Crippen molar-refractivity contribution in [3.8, 4) is 17.0 Å². The molecule has 0 bridgehead atoms. The third-order valence-electron chi connectivity index (χ3n) is 5.02. The molecule has 8 heteroatoms. The van der Waals surface area contributed by atoms with Gasteiger partial charge in [-0.1, -0.05) is 12.1 Å². The summed E-state index contributed by atoms with van der Waals surface area (Å²) in [5.41, 5.74) is 2.14. The Balaban J connectivity index is 1.48. The molecule has 4 rings (SSSR count). The van der Waals surface area contributed by atoms with Crippen LogP contribution in [0.1, 0.15) is 11.3 Å². The molecule has 2 heterocycles. The minimum Gasteiger partial charge on any atom is -0.495 e. The lowest BCUT2D eigenvalue weighted by Gasteiger charge is -2.19. The molecule has 3 aromatic rings. The number of thiazole rings is 1. The molecule has 1 atom stereocenters. The van der Waals surface area contributed by atoms with E-state index in [1.54, 1.807) is 36.3 Å². The summed E-state index contributed by atoms with van der Waals surface area (Å²) >= 11 is 1.35. The topological polar surface area (TPSA) is 71.5 Å². The van der Waals surface area contributed by atoms with E-state index in [0.717, 1.165) is 10.4 Å². The number of methoxy groups -OCH3 is 1. The van der Waals surface area contributed by atoms with Crippen LogP contribution in [0.5, 0.6) is 5.75 Å². The van der Waals surface area contributed by atoms with Crippen molar-refractivity contribution in [2.45, 2.75) is 13.3 Å². The van der Waals surface area contributed by atoms with Crippen molar-refractivity contribution in [1.82, 2.24) is 4.98 Å². The lowest BCUT2D eigenvalue weighted by Crippen LogP contribution is -2.28. The zero-order valence-electron chi connectivity index (χ0n) is 16.5. The number of aromatic nitrogens is 1. The number of hydrogen-bond donors (Lipinski definition) is 1. The Bertz CT molecular complexity index is 1100. The van der Waals surface area contributed by atoms with E-state index in [4.69, 9.17) is 4.74 Å². The Hall–Kier alpha value is -3.26. The first-order valence-electron chi connectivity index (χ1n) is 9.44. The number of para-hydroxylation sites is 2. The minimum atomic E-state index is -0.485. The summed E-state index contributed by atoms with van der Waals surface area (Å²) in [5, 5.41) is 3.29. The van der Waals surface area contributed by atoms with Gasteiger partial charge in [-0.25, -0.2) is 9.37 Å². The van der Waals surface area contributed by atoms with E-state index >= 15 is 0 Å². The maximum absolute atomic E-state index is 13.2. The van der Waals surface area contributed by atoms with Crippen molar-refractivity contribution in [2.75, 3.05) is 23.9 Å². The van der Waals surface area contributed by atoms with E-state index < -0.39 is 5.92 Å². The highest BCUT2D eigenvalue weighted by atomic mass is 32.1. The first-order chi connectivity index (χ1) is 14.5. The molecule has 1 unspecified atom stereocenters. The van der Waals surface area contributed by atoms with Crippen molar-refractivity contribution >= 4 is 34.0 Å². The molecule has 1 aliphatic heterocycles. The summed E-state index contributed by atoms with van der Waals surface area (Å²) in [5.74, 6) is -0.583. The summed E-state index contributed by atoms with van der Waals surface area (Å²) in [6.07, 6.45) is 0.124. The number of nitrogens with one attached hydrogen (secondary N) is 1. The molecular weight excluding hydrogens is 405 g/mol. The number of anilines is 2. The predicted molar refractivity (Wildman–Crippen MR) is 114 cm³/mol. The van der Waals surface area contributed by atoms with Crippen molar-refractivity contribution in [3.63, 3.8) is 0 Å². The summed E-state index contributed by atoms with van der Waals surface area (Å²) in [7, 11) is 1.55. The molecule has 0 saturated carbocycles. The molecule has 1 N–H and O–H groups in total. The number of ether oxygens (including phenoxy) is 1. The third kappa shape index (κ3) is 3.91. The second-order valence-electron chi connectivity index (χ2n) is 7.00. The van der Waals surface area contributed by atoms with Gasteiger partial charge in [-0.05, 0) is 43.3 Å². The first-order valence-corrected chi connectivity index (χ1v) is 10.3. The van der Waals surface area contributed by atoms with Crippen LogP contribution in [-0.2, 0) is 9.59 Å². The predicted octanol–water partition coefficient (Wildman–Crippen LogP) is 4.26. The van der Waals surface area contributed by atoms with Gasteiger partial charge in [0.2, 0.25) is 11.8 Å². The SMILES string of the molecule is COc1ccccc1N1CC(C(=O)Nc2nc(-c3ccc(F)cc3)c(C)s2)CC1=O. The number of halogens is 1. The molecule has 154 valence electrons. The van der Waals surface area contributed by atoms with Crippen LogP contribution in [-0.4, -0.2) is 30.5 Å². The van der Waals surface area contributed by atoms with Gasteiger partial charge in [-0.2, -0.15) is 0 Å². The van der Waals surface area contributed by atoms with Crippen LogP contribution in [0.4, 0.5) is 15.2 Å². The normalized spacial score (nSPS) is 16.0. The molecule has 30 heavy (non-hydrogen) atoms. The Morgan fingerprint density at radius 3 is 2.70 bits per heavy atom. The molecule has 2 aromatic carbocycles. The summed E-state index contributed by atoms with van der Waals surface area (Å²) in [6.45, 7) is 2.18. The van der Waals surface area contributed by atoms with E-state index in [-0.39, 0.29) is 30.6 Å². The van der Waals surface area contributed by atoms with Gasteiger partial charge in [0, 0.05) is 23.4 Å². The van der Waals surface area contributed by atoms with E-state index in [0.29, 0.717) is 22.3 Å². The van der Waals surface area contributed by atoms with Crippen molar-refractivity contribution in [3.05, 3.63) is 59.2 Å². The molecule has 0 radical (unpaired) electrons. The summed E-state index contributed by atoms with van der Waals surface area (Å²) in [4.78, 5) is 32.3. The standard InChI is InChI=1S/C22H20FN3O3S/c1-13-20(14-7-9-16(23)10-8-14)24-22(30-13)25-21(28)15-11-19(27)26(12-15)17-5-3-4-6-18(17)29-2/h3-10,15H,11-12H2,1-2H3,(H,24,25,28). The highest BCUT2D eigenvalue weighted by molar-refractivity contribution is 7.16. The van der Waals surface area contributed by atoms with E-state index in [1.807, 2.05) is 19.1 Å². The largest absolute Gasteiger partial charge is 0.495 e. The maximum atomic E-state index is 13.2. The van der Waals surface area contributed by atoms with E-state index in [1.165, 1.54) is 23.5 Å². The number of rotatable bonds is 5. The van der Waals surface area contributed by atoms with Crippen LogP contribution in [0.25, 0.3) is 11.3 Å². The van der Waals surface area contributed by atoms with Crippen molar-refractivity contribution in [1.29, 1.82) is 0 Å². The summed E-state index contributed by atoms with van der Waals surface area (Å²) < 4.78 is 18.5. The number of benzene rings is 2. The molecule has 0 spiro atoms. The van der Waals surface area contributed by atoms with Gasteiger partial charge in [0.25, 0.3) is 0 Å². The van der Waals surface area contributed by atoms with Crippen molar-refractivity contribution in [2.24, 2.45) is 5.92 Å². The van der Waals surface area contributed by atoms with Gasteiger partial charge >= 0.3 is 0 Å².